The first-order chi connectivity index (χ1) is 7.34. The van der Waals surface area contributed by atoms with Crippen LogP contribution in [0, 0.1) is 0 Å². The van der Waals surface area contributed by atoms with Crippen LogP contribution < -0.4 is 11.1 Å². The number of nitrogens with one attached hydrogen (secondary N) is 1. The van der Waals surface area contributed by atoms with E-state index in [0.717, 1.165) is 11.4 Å². The van der Waals surface area contributed by atoms with Gasteiger partial charge in [-0.3, -0.25) is 0 Å². The Morgan fingerprint density at radius 1 is 1.13 bits per heavy atom. The Bertz CT molecular complexity index is 428. The summed E-state index contributed by atoms with van der Waals surface area (Å²) in [5, 5.41) is 3.24. The van der Waals surface area contributed by atoms with Crippen LogP contribution in [0.2, 0.25) is 0 Å². The van der Waals surface area contributed by atoms with Gasteiger partial charge in [-0.15, -0.1) is 0 Å². The number of aromatic nitrogens is 2. The minimum atomic E-state index is 0.495. The lowest BCUT2D eigenvalue weighted by Crippen LogP contribution is -2.03. The number of nitrogens with two attached hydrogens (primary N) is 1. The van der Waals surface area contributed by atoms with Crippen molar-refractivity contribution in [2.45, 2.75) is 6.54 Å². The highest BCUT2D eigenvalue weighted by Gasteiger charge is 1.95. The third-order valence-corrected chi connectivity index (χ3v) is 1.99. The van der Waals surface area contributed by atoms with Gasteiger partial charge in [0.15, 0.2) is 0 Å². The summed E-state index contributed by atoms with van der Waals surface area (Å²) in [6.45, 7) is 0.650. The molecule has 0 bridgehead atoms. The smallest absolute Gasteiger partial charge is 0.127 e. The SMILES string of the molecule is Nc1cc(CNc2ccccc2)ncn1. The molecule has 0 saturated carbocycles. The van der Waals surface area contributed by atoms with Gasteiger partial charge in [-0.05, 0) is 12.1 Å². The average molecular weight is 200 g/mol. The van der Waals surface area contributed by atoms with E-state index in [4.69, 9.17) is 5.73 Å². The summed E-state index contributed by atoms with van der Waals surface area (Å²) >= 11 is 0. The predicted molar refractivity (Wildman–Crippen MR) is 60.2 cm³/mol. The highest BCUT2D eigenvalue weighted by atomic mass is 14.9. The third-order valence-electron chi connectivity index (χ3n) is 1.99. The summed E-state index contributed by atoms with van der Waals surface area (Å²) in [5.74, 6) is 0.495. The molecule has 3 N–H and O–H groups in total. The molecule has 0 aliphatic rings. The second-order valence-corrected chi connectivity index (χ2v) is 3.15. The predicted octanol–water partition coefficient (Wildman–Crippen LogP) is 1.67. The maximum absolute atomic E-state index is 5.55. The van der Waals surface area contributed by atoms with Crippen LogP contribution in [-0.4, -0.2) is 9.97 Å². The van der Waals surface area contributed by atoms with Crippen LogP contribution in [0.15, 0.2) is 42.7 Å². The van der Waals surface area contributed by atoms with E-state index in [1.165, 1.54) is 6.33 Å². The maximum atomic E-state index is 5.55. The van der Waals surface area contributed by atoms with Crippen molar-refractivity contribution in [3.8, 4) is 0 Å². The number of nitrogen functional groups attached to an aromatic ring is 1. The molecule has 1 heterocycles. The van der Waals surface area contributed by atoms with Gasteiger partial charge >= 0.3 is 0 Å². The molecule has 0 fully saturated rings. The molecule has 0 saturated heterocycles. The molecular formula is C11H12N4. The molecule has 76 valence electrons. The van der Waals surface area contributed by atoms with Crippen molar-refractivity contribution in [1.29, 1.82) is 0 Å². The molecule has 0 aliphatic carbocycles. The van der Waals surface area contributed by atoms with Crippen LogP contribution >= 0.6 is 0 Å². The number of hydrogen-bond acceptors (Lipinski definition) is 4. The van der Waals surface area contributed by atoms with E-state index in [0.29, 0.717) is 12.4 Å². The van der Waals surface area contributed by atoms with Gasteiger partial charge in [0.2, 0.25) is 0 Å². The third kappa shape index (κ3) is 2.67. The number of benzene rings is 1. The van der Waals surface area contributed by atoms with Crippen LogP contribution in [0.25, 0.3) is 0 Å². The normalized spacial score (nSPS) is 9.87. The lowest BCUT2D eigenvalue weighted by atomic mass is 10.3. The van der Waals surface area contributed by atoms with Crippen molar-refractivity contribution < 1.29 is 0 Å². The van der Waals surface area contributed by atoms with Crippen LogP contribution in [0.3, 0.4) is 0 Å². The van der Waals surface area contributed by atoms with Crippen LogP contribution in [0.1, 0.15) is 5.69 Å². The second-order valence-electron chi connectivity index (χ2n) is 3.15. The van der Waals surface area contributed by atoms with E-state index in [1.807, 2.05) is 30.3 Å². The van der Waals surface area contributed by atoms with E-state index in [-0.39, 0.29) is 0 Å². The van der Waals surface area contributed by atoms with Crippen LogP contribution in [0.5, 0.6) is 0 Å². The van der Waals surface area contributed by atoms with Gasteiger partial charge in [0.05, 0.1) is 12.2 Å². The minimum absolute atomic E-state index is 0.495. The number of anilines is 2. The van der Waals surface area contributed by atoms with Crippen molar-refractivity contribution in [3.05, 3.63) is 48.4 Å². The lowest BCUT2D eigenvalue weighted by Gasteiger charge is -2.05. The van der Waals surface area contributed by atoms with E-state index in [1.54, 1.807) is 6.07 Å². The minimum Gasteiger partial charge on any atom is -0.384 e. The first-order valence-corrected chi connectivity index (χ1v) is 4.70. The van der Waals surface area contributed by atoms with Crippen LogP contribution in [0.4, 0.5) is 11.5 Å². The van der Waals surface area contributed by atoms with E-state index < -0.39 is 0 Å². The van der Waals surface area contributed by atoms with E-state index in [2.05, 4.69) is 15.3 Å². The molecule has 0 aliphatic heterocycles. The van der Waals surface area contributed by atoms with Gasteiger partial charge in [0, 0.05) is 11.8 Å². The van der Waals surface area contributed by atoms with E-state index in [9.17, 15) is 0 Å². The highest BCUT2D eigenvalue weighted by Crippen LogP contribution is 2.07. The van der Waals surface area contributed by atoms with E-state index >= 15 is 0 Å². The van der Waals surface area contributed by atoms with Crippen molar-refractivity contribution in [2.75, 3.05) is 11.1 Å². The molecule has 0 radical (unpaired) electrons. The largest absolute Gasteiger partial charge is 0.384 e. The summed E-state index contributed by atoms with van der Waals surface area (Å²) in [7, 11) is 0. The summed E-state index contributed by atoms with van der Waals surface area (Å²) in [6.07, 6.45) is 1.47. The second kappa shape index (κ2) is 4.41. The number of hydrogen-bond donors (Lipinski definition) is 2. The first kappa shape index (κ1) is 9.45. The highest BCUT2D eigenvalue weighted by molar-refractivity contribution is 5.43. The Balaban J connectivity index is 1.99. The fourth-order valence-electron chi connectivity index (χ4n) is 1.26. The maximum Gasteiger partial charge on any atom is 0.127 e. The molecule has 1 aromatic heterocycles. The molecule has 2 rings (SSSR count). The Kier molecular flexibility index (Phi) is 2.78. The Labute approximate surface area is 88.2 Å². The average Bonchev–Trinajstić information content (AvgIpc) is 2.28. The zero-order valence-electron chi connectivity index (χ0n) is 8.22. The number of nitrogens with zero attached hydrogens (tertiary/aromatic N) is 2. The summed E-state index contributed by atoms with van der Waals surface area (Å²) < 4.78 is 0. The van der Waals surface area contributed by atoms with Gasteiger partial charge in [0.25, 0.3) is 0 Å². The van der Waals surface area contributed by atoms with Gasteiger partial charge < -0.3 is 11.1 Å². The quantitative estimate of drug-likeness (QED) is 0.791. The van der Waals surface area contributed by atoms with Gasteiger partial charge in [-0.25, -0.2) is 9.97 Å². The van der Waals surface area contributed by atoms with Gasteiger partial charge in [0.1, 0.15) is 12.1 Å². The zero-order valence-corrected chi connectivity index (χ0v) is 8.22. The lowest BCUT2D eigenvalue weighted by molar-refractivity contribution is 1.01. The van der Waals surface area contributed by atoms with Crippen molar-refractivity contribution >= 4 is 11.5 Å². The summed E-state index contributed by atoms with van der Waals surface area (Å²) in [5.41, 5.74) is 7.49. The monoisotopic (exact) mass is 200 g/mol. The van der Waals surface area contributed by atoms with Crippen molar-refractivity contribution in [1.82, 2.24) is 9.97 Å². The molecule has 0 amide bonds. The topological polar surface area (TPSA) is 63.8 Å². The van der Waals surface area contributed by atoms with Gasteiger partial charge in [-0.2, -0.15) is 0 Å². The number of para-hydroxylation sites is 1. The fourth-order valence-corrected chi connectivity index (χ4v) is 1.26. The molecule has 1 aromatic carbocycles. The van der Waals surface area contributed by atoms with Crippen molar-refractivity contribution in [2.24, 2.45) is 0 Å². The molecule has 2 aromatic rings. The molecule has 0 unspecified atom stereocenters. The van der Waals surface area contributed by atoms with Gasteiger partial charge in [-0.1, -0.05) is 18.2 Å². The number of rotatable bonds is 3. The molecule has 0 spiro atoms. The summed E-state index contributed by atoms with van der Waals surface area (Å²) in [6, 6.07) is 11.7. The Hall–Kier alpha value is -2.10. The fraction of sp³-hybridized carbons (Fsp3) is 0.0909. The molecule has 0 atom stereocenters. The Morgan fingerprint density at radius 2 is 1.93 bits per heavy atom. The first-order valence-electron chi connectivity index (χ1n) is 4.70. The standard InChI is InChI=1S/C11H12N4/c12-11-6-10(14-8-15-11)7-13-9-4-2-1-3-5-9/h1-6,8,13H,7H2,(H2,12,14,15). The Morgan fingerprint density at radius 3 is 2.67 bits per heavy atom. The zero-order chi connectivity index (χ0) is 10.5. The molecular weight excluding hydrogens is 188 g/mol. The molecule has 4 heteroatoms. The summed E-state index contributed by atoms with van der Waals surface area (Å²) in [4.78, 5) is 7.93. The van der Waals surface area contributed by atoms with Crippen molar-refractivity contribution in [3.63, 3.8) is 0 Å². The molecule has 4 nitrogen and oxygen atoms in total. The van der Waals surface area contributed by atoms with Crippen LogP contribution in [-0.2, 0) is 6.54 Å². The molecule has 15 heavy (non-hydrogen) atoms.